The predicted octanol–water partition coefficient (Wildman–Crippen LogP) is 3.13. The highest BCUT2D eigenvalue weighted by molar-refractivity contribution is 8.00. The van der Waals surface area contributed by atoms with E-state index < -0.39 is 5.97 Å². The first kappa shape index (κ1) is 19.5. The Kier molecular flexibility index (Phi) is 5.05. The van der Waals surface area contributed by atoms with Crippen molar-refractivity contribution < 1.29 is 14.6 Å². The highest BCUT2D eigenvalue weighted by Gasteiger charge is 2.31. The van der Waals surface area contributed by atoms with Crippen molar-refractivity contribution in [3.8, 4) is 0 Å². The van der Waals surface area contributed by atoms with Crippen LogP contribution < -0.4 is 5.11 Å². The molecule has 0 unspecified atom stereocenters. The Morgan fingerprint density at radius 1 is 1.36 bits per heavy atom. The molecule has 0 N–H and O–H groups in total. The van der Waals surface area contributed by atoms with E-state index in [0.717, 1.165) is 39.0 Å². The first-order valence-electron chi connectivity index (χ1n) is 9.29. The van der Waals surface area contributed by atoms with Gasteiger partial charge in [0.1, 0.15) is 16.2 Å². The maximum atomic E-state index is 10.9. The molecule has 0 fully saturated rings. The number of pyridine rings is 1. The summed E-state index contributed by atoms with van der Waals surface area (Å²) in [6, 6.07) is 0. The molecule has 28 heavy (non-hydrogen) atoms. The zero-order chi connectivity index (χ0) is 20.1. The second kappa shape index (κ2) is 7.24. The number of thiophene rings is 1. The second-order valence-electron chi connectivity index (χ2n) is 8.14. The molecule has 0 spiro atoms. The summed E-state index contributed by atoms with van der Waals surface area (Å²) in [5.41, 5.74) is 4.15. The van der Waals surface area contributed by atoms with Crippen LogP contribution in [0.5, 0.6) is 0 Å². The zero-order valence-corrected chi connectivity index (χ0v) is 18.0. The van der Waals surface area contributed by atoms with Gasteiger partial charge in [-0.3, -0.25) is 0 Å². The lowest BCUT2D eigenvalue weighted by molar-refractivity contribution is -0.301. The van der Waals surface area contributed by atoms with Crippen molar-refractivity contribution in [1.82, 2.24) is 15.0 Å². The molecule has 8 heteroatoms. The van der Waals surface area contributed by atoms with E-state index in [9.17, 15) is 9.90 Å². The van der Waals surface area contributed by atoms with Crippen LogP contribution in [-0.4, -0.2) is 32.3 Å². The fraction of sp³-hybridized carbons (Fsp3) is 0.500. The normalized spacial score (nSPS) is 16.0. The smallest absolute Gasteiger partial charge is 0.126 e. The summed E-state index contributed by atoms with van der Waals surface area (Å²) < 4.78 is 6.99. The molecule has 0 aliphatic carbocycles. The molecule has 0 bridgehead atoms. The van der Waals surface area contributed by atoms with Gasteiger partial charge in [-0.2, -0.15) is 0 Å². The van der Waals surface area contributed by atoms with Crippen LogP contribution >= 0.6 is 23.1 Å². The molecule has 4 rings (SSSR count). The number of aromatic nitrogens is 3. The number of carbonyl (C=O) groups is 1. The first-order valence-corrected chi connectivity index (χ1v) is 11.1. The lowest BCUT2D eigenvalue weighted by atomic mass is 9.88. The molecule has 0 aromatic carbocycles. The number of hydrogen-bond acceptors (Lipinski definition) is 8. The van der Waals surface area contributed by atoms with Crippen molar-refractivity contribution in [2.45, 2.75) is 57.8 Å². The van der Waals surface area contributed by atoms with E-state index >= 15 is 0 Å². The summed E-state index contributed by atoms with van der Waals surface area (Å²) in [4.78, 5) is 25.7. The summed E-state index contributed by atoms with van der Waals surface area (Å²) in [6.45, 7) is 9.15. The number of thioether (sulfide) groups is 1. The topological polar surface area (TPSA) is 88.0 Å². The first-order chi connectivity index (χ1) is 13.2. The fourth-order valence-electron chi connectivity index (χ4n) is 3.64. The molecule has 1 aliphatic rings. The highest BCUT2D eigenvalue weighted by Crippen LogP contribution is 2.42. The molecule has 3 aromatic rings. The average molecular weight is 417 g/mol. The van der Waals surface area contributed by atoms with Gasteiger partial charge in [0.2, 0.25) is 0 Å². The van der Waals surface area contributed by atoms with Gasteiger partial charge in [0.25, 0.3) is 0 Å². The van der Waals surface area contributed by atoms with Gasteiger partial charge in [0, 0.05) is 28.8 Å². The number of hydrogen-bond donors (Lipinski definition) is 0. The lowest BCUT2D eigenvalue weighted by Crippen LogP contribution is -2.33. The fourth-order valence-corrected chi connectivity index (χ4v) is 5.61. The van der Waals surface area contributed by atoms with Gasteiger partial charge in [-0.1, -0.05) is 25.6 Å². The van der Waals surface area contributed by atoms with Crippen molar-refractivity contribution >= 4 is 49.5 Å². The van der Waals surface area contributed by atoms with Crippen LogP contribution in [-0.2, 0) is 29.0 Å². The van der Waals surface area contributed by atoms with Crippen molar-refractivity contribution in [3.05, 3.63) is 23.1 Å². The SMILES string of the molecule is CC(C)Cc1nc2sc3c(SCC(=O)[O-])ncnc3c2c2c1COC(C)(C)C2. The van der Waals surface area contributed by atoms with Crippen LogP contribution in [0.3, 0.4) is 0 Å². The molecule has 0 saturated heterocycles. The van der Waals surface area contributed by atoms with Gasteiger partial charge in [0.15, 0.2) is 0 Å². The van der Waals surface area contributed by atoms with Gasteiger partial charge in [-0.05, 0) is 31.7 Å². The van der Waals surface area contributed by atoms with Crippen LogP contribution in [0.15, 0.2) is 11.4 Å². The van der Waals surface area contributed by atoms with E-state index in [1.165, 1.54) is 29.2 Å². The number of rotatable bonds is 5. The Bertz CT molecular complexity index is 1080. The summed E-state index contributed by atoms with van der Waals surface area (Å²) in [6.07, 6.45) is 3.20. The number of aliphatic carboxylic acids is 1. The molecule has 0 amide bonds. The molecular formula is C20H22N3O3S2-. The Morgan fingerprint density at radius 3 is 2.86 bits per heavy atom. The van der Waals surface area contributed by atoms with E-state index in [-0.39, 0.29) is 11.4 Å². The number of fused-ring (bicyclic) bond motifs is 5. The molecule has 6 nitrogen and oxygen atoms in total. The number of carboxylic acid groups (broad SMARTS) is 1. The lowest BCUT2D eigenvalue weighted by Gasteiger charge is -2.33. The van der Waals surface area contributed by atoms with Crippen molar-refractivity contribution in [2.75, 3.05) is 5.75 Å². The van der Waals surface area contributed by atoms with Gasteiger partial charge >= 0.3 is 0 Å². The molecule has 4 heterocycles. The minimum atomic E-state index is -1.11. The van der Waals surface area contributed by atoms with Crippen molar-refractivity contribution in [1.29, 1.82) is 0 Å². The summed E-state index contributed by atoms with van der Waals surface area (Å²) in [7, 11) is 0. The maximum Gasteiger partial charge on any atom is 0.126 e. The average Bonchev–Trinajstić information content (AvgIpc) is 2.97. The van der Waals surface area contributed by atoms with Crippen LogP contribution in [0.4, 0.5) is 0 Å². The Hall–Kier alpha value is -1.77. The Labute approximate surface area is 171 Å². The minimum absolute atomic E-state index is 0.134. The van der Waals surface area contributed by atoms with Crippen LogP contribution in [0.2, 0.25) is 0 Å². The quantitative estimate of drug-likeness (QED) is 0.466. The van der Waals surface area contributed by atoms with Gasteiger partial charge in [-0.15, -0.1) is 11.3 Å². The van der Waals surface area contributed by atoms with E-state index in [0.29, 0.717) is 17.6 Å². The number of ether oxygens (including phenoxy) is 1. The monoisotopic (exact) mass is 416 g/mol. The highest BCUT2D eigenvalue weighted by atomic mass is 32.2. The zero-order valence-electron chi connectivity index (χ0n) is 16.4. The molecule has 3 aromatic heterocycles. The standard InChI is InChI=1S/C20H23N3O3S2/c1-10(2)5-13-12-7-26-20(3,4)6-11(12)15-16-17(28-18(15)23-13)19(22-9-21-16)27-8-14(24)25/h9-10H,5-8H2,1-4H3,(H,24,25)/p-1. The summed E-state index contributed by atoms with van der Waals surface area (Å²) in [5.74, 6) is -0.746. The third-order valence-corrected chi connectivity index (χ3v) is 6.98. The number of carbonyl (C=O) groups excluding carboxylic acids is 1. The summed E-state index contributed by atoms with van der Waals surface area (Å²) >= 11 is 2.71. The molecule has 148 valence electrons. The molecular weight excluding hydrogens is 394 g/mol. The van der Waals surface area contributed by atoms with Gasteiger partial charge in [-0.25, -0.2) is 15.0 Å². The third-order valence-electron chi connectivity index (χ3n) is 4.81. The van der Waals surface area contributed by atoms with Crippen molar-refractivity contribution in [2.24, 2.45) is 5.92 Å². The molecule has 0 saturated carbocycles. The van der Waals surface area contributed by atoms with Crippen molar-refractivity contribution in [3.63, 3.8) is 0 Å². The number of carboxylic acids is 1. The summed E-state index contributed by atoms with van der Waals surface area (Å²) in [5, 5.41) is 12.6. The Balaban J connectivity index is 1.97. The maximum absolute atomic E-state index is 10.9. The predicted molar refractivity (Wildman–Crippen MR) is 110 cm³/mol. The third kappa shape index (κ3) is 3.60. The molecule has 0 radical (unpaired) electrons. The van der Waals surface area contributed by atoms with E-state index in [1.807, 2.05) is 0 Å². The van der Waals surface area contributed by atoms with Gasteiger partial charge in [0.05, 0.1) is 28.4 Å². The van der Waals surface area contributed by atoms with Crippen LogP contribution in [0.1, 0.15) is 44.5 Å². The van der Waals surface area contributed by atoms with Crippen LogP contribution in [0, 0.1) is 5.92 Å². The minimum Gasteiger partial charge on any atom is -0.549 e. The largest absolute Gasteiger partial charge is 0.549 e. The van der Waals surface area contributed by atoms with E-state index in [1.54, 1.807) is 11.3 Å². The van der Waals surface area contributed by atoms with E-state index in [4.69, 9.17) is 9.72 Å². The second-order valence-corrected chi connectivity index (χ2v) is 10.1. The molecule has 0 atom stereocenters. The molecule has 1 aliphatic heterocycles. The number of nitrogens with zero attached hydrogens (tertiary/aromatic N) is 3. The Morgan fingerprint density at radius 2 is 2.14 bits per heavy atom. The van der Waals surface area contributed by atoms with E-state index in [2.05, 4.69) is 37.7 Å². The van der Waals surface area contributed by atoms with Crippen LogP contribution in [0.25, 0.3) is 20.4 Å². The van der Waals surface area contributed by atoms with Gasteiger partial charge < -0.3 is 14.6 Å².